The van der Waals surface area contributed by atoms with Crippen molar-refractivity contribution in [2.45, 2.75) is 31.2 Å². The van der Waals surface area contributed by atoms with E-state index in [4.69, 9.17) is 0 Å². The number of aromatic nitrogens is 1. The second-order valence-corrected chi connectivity index (χ2v) is 5.85. The number of rotatable bonds is 3. The summed E-state index contributed by atoms with van der Waals surface area (Å²) in [6, 6.07) is 0.600. The maximum Gasteiger partial charge on any atom is 0.304 e. The standard InChI is InChI=1S/C9H14N2OS2/c1-6-8(2-3-13-6)10-4-7-5-14-9(12)11-7/h5-6,8,10H,2-4H2,1H3,(H,11,12). The third-order valence-electron chi connectivity index (χ3n) is 2.50. The average Bonchev–Trinajstić information content (AvgIpc) is 2.72. The Kier molecular flexibility index (Phi) is 3.30. The second-order valence-electron chi connectivity index (χ2n) is 3.53. The Morgan fingerprint density at radius 3 is 3.14 bits per heavy atom. The molecule has 1 fully saturated rings. The highest BCUT2D eigenvalue weighted by Gasteiger charge is 2.23. The Labute approximate surface area is 91.3 Å². The van der Waals surface area contributed by atoms with Gasteiger partial charge < -0.3 is 10.3 Å². The largest absolute Gasteiger partial charge is 0.315 e. The SMILES string of the molecule is CC1SCCC1NCc1csc(=O)[nH]1. The summed E-state index contributed by atoms with van der Waals surface area (Å²) in [6.45, 7) is 3.04. The molecule has 1 aliphatic heterocycles. The Balaban J connectivity index is 1.85. The van der Waals surface area contributed by atoms with Gasteiger partial charge in [-0.15, -0.1) is 0 Å². The van der Waals surface area contributed by atoms with Crippen molar-refractivity contribution in [2.24, 2.45) is 0 Å². The van der Waals surface area contributed by atoms with E-state index in [-0.39, 0.29) is 4.87 Å². The molecule has 14 heavy (non-hydrogen) atoms. The van der Waals surface area contributed by atoms with Gasteiger partial charge >= 0.3 is 4.87 Å². The first-order valence-corrected chi connectivity index (χ1v) is 6.70. The van der Waals surface area contributed by atoms with Gasteiger partial charge in [-0.25, -0.2) is 0 Å². The molecule has 1 saturated heterocycles. The molecule has 2 N–H and O–H groups in total. The summed E-state index contributed by atoms with van der Waals surface area (Å²) < 4.78 is 0. The van der Waals surface area contributed by atoms with Gasteiger partial charge in [0.1, 0.15) is 0 Å². The Bertz CT molecular complexity index is 347. The summed E-state index contributed by atoms with van der Waals surface area (Å²) in [5.74, 6) is 1.25. The molecule has 2 rings (SSSR count). The van der Waals surface area contributed by atoms with Crippen molar-refractivity contribution < 1.29 is 0 Å². The van der Waals surface area contributed by atoms with Crippen LogP contribution in [0.15, 0.2) is 10.2 Å². The van der Waals surface area contributed by atoms with E-state index in [0.717, 1.165) is 12.2 Å². The number of H-pyrrole nitrogens is 1. The highest BCUT2D eigenvalue weighted by atomic mass is 32.2. The van der Waals surface area contributed by atoms with Crippen LogP contribution in [0.2, 0.25) is 0 Å². The van der Waals surface area contributed by atoms with Crippen molar-refractivity contribution in [3.05, 3.63) is 20.7 Å². The first kappa shape index (κ1) is 10.3. The van der Waals surface area contributed by atoms with Gasteiger partial charge in [-0.05, 0) is 12.2 Å². The summed E-state index contributed by atoms with van der Waals surface area (Å²) >= 11 is 3.25. The number of aromatic amines is 1. The van der Waals surface area contributed by atoms with E-state index in [1.165, 1.54) is 23.5 Å². The predicted molar refractivity (Wildman–Crippen MR) is 62.1 cm³/mol. The molecule has 5 heteroatoms. The summed E-state index contributed by atoms with van der Waals surface area (Å²) in [4.78, 5) is 13.7. The van der Waals surface area contributed by atoms with Crippen LogP contribution in [0.1, 0.15) is 19.0 Å². The molecule has 0 amide bonds. The fraction of sp³-hybridized carbons (Fsp3) is 0.667. The molecule has 3 nitrogen and oxygen atoms in total. The van der Waals surface area contributed by atoms with Crippen LogP contribution < -0.4 is 10.2 Å². The van der Waals surface area contributed by atoms with Gasteiger partial charge in [-0.3, -0.25) is 4.79 Å². The lowest BCUT2D eigenvalue weighted by atomic mass is 10.2. The zero-order valence-electron chi connectivity index (χ0n) is 8.08. The molecule has 2 atom stereocenters. The lowest BCUT2D eigenvalue weighted by Crippen LogP contribution is -2.33. The third-order valence-corrected chi connectivity index (χ3v) is 4.55. The molecule has 0 aromatic carbocycles. The van der Waals surface area contributed by atoms with Crippen LogP contribution in [0.3, 0.4) is 0 Å². The molecule has 2 heterocycles. The van der Waals surface area contributed by atoms with Crippen molar-refractivity contribution in [3.8, 4) is 0 Å². The van der Waals surface area contributed by atoms with Crippen LogP contribution >= 0.6 is 23.1 Å². The number of hydrogen-bond donors (Lipinski definition) is 2. The zero-order valence-corrected chi connectivity index (χ0v) is 9.71. The van der Waals surface area contributed by atoms with Crippen molar-refractivity contribution in [3.63, 3.8) is 0 Å². The molecular weight excluding hydrogens is 216 g/mol. The van der Waals surface area contributed by atoms with Crippen LogP contribution in [-0.2, 0) is 6.54 Å². The lowest BCUT2D eigenvalue weighted by Gasteiger charge is -2.15. The van der Waals surface area contributed by atoms with Crippen molar-refractivity contribution in [1.82, 2.24) is 10.3 Å². The van der Waals surface area contributed by atoms with E-state index >= 15 is 0 Å². The first-order chi connectivity index (χ1) is 6.75. The molecular formula is C9H14N2OS2. The molecule has 78 valence electrons. The Morgan fingerprint density at radius 2 is 2.57 bits per heavy atom. The van der Waals surface area contributed by atoms with E-state index < -0.39 is 0 Å². The summed E-state index contributed by atoms with van der Waals surface area (Å²) in [5, 5.41) is 6.06. The van der Waals surface area contributed by atoms with Gasteiger partial charge in [0.2, 0.25) is 0 Å². The Morgan fingerprint density at radius 1 is 1.71 bits per heavy atom. The molecule has 1 aliphatic rings. The topological polar surface area (TPSA) is 44.9 Å². The number of nitrogens with one attached hydrogen (secondary N) is 2. The first-order valence-electron chi connectivity index (χ1n) is 4.77. The highest BCUT2D eigenvalue weighted by molar-refractivity contribution is 8.00. The fourth-order valence-electron chi connectivity index (χ4n) is 1.64. The van der Waals surface area contributed by atoms with Crippen LogP contribution in [0.4, 0.5) is 0 Å². The number of thiazole rings is 1. The van der Waals surface area contributed by atoms with Crippen molar-refractivity contribution in [1.29, 1.82) is 0 Å². The minimum Gasteiger partial charge on any atom is -0.315 e. The minimum atomic E-state index is 0.0376. The maximum atomic E-state index is 10.9. The Hall–Kier alpha value is -0.260. The smallest absolute Gasteiger partial charge is 0.304 e. The fourth-order valence-corrected chi connectivity index (χ4v) is 3.45. The molecule has 0 saturated carbocycles. The quantitative estimate of drug-likeness (QED) is 0.825. The van der Waals surface area contributed by atoms with E-state index in [1.807, 2.05) is 17.1 Å². The van der Waals surface area contributed by atoms with Crippen LogP contribution in [0, 0.1) is 0 Å². The van der Waals surface area contributed by atoms with Gasteiger partial charge in [-0.1, -0.05) is 18.3 Å². The number of thioether (sulfide) groups is 1. The predicted octanol–water partition coefficient (Wildman–Crippen LogP) is 1.42. The van der Waals surface area contributed by atoms with Gasteiger partial charge in [0, 0.05) is 28.9 Å². The molecule has 0 bridgehead atoms. The van der Waals surface area contributed by atoms with Crippen LogP contribution in [0.5, 0.6) is 0 Å². The molecule has 0 spiro atoms. The van der Waals surface area contributed by atoms with Gasteiger partial charge in [0.25, 0.3) is 0 Å². The minimum absolute atomic E-state index is 0.0376. The maximum absolute atomic E-state index is 10.9. The van der Waals surface area contributed by atoms with Gasteiger partial charge in [0.05, 0.1) is 0 Å². The van der Waals surface area contributed by atoms with E-state index in [1.54, 1.807) is 0 Å². The summed E-state index contributed by atoms with van der Waals surface area (Å²) in [6.07, 6.45) is 1.24. The highest BCUT2D eigenvalue weighted by Crippen LogP contribution is 2.26. The van der Waals surface area contributed by atoms with Crippen molar-refractivity contribution in [2.75, 3.05) is 5.75 Å². The molecule has 0 radical (unpaired) electrons. The number of hydrogen-bond acceptors (Lipinski definition) is 4. The molecule has 1 aromatic rings. The van der Waals surface area contributed by atoms with E-state index in [0.29, 0.717) is 11.3 Å². The van der Waals surface area contributed by atoms with E-state index in [2.05, 4.69) is 17.2 Å². The molecule has 0 aliphatic carbocycles. The van der Waals surface area contributed by atoms with Gasteiger partial charge in [0.15, 0.2) is 0 Å². The zero-order chi connectivity index (χ0) is 9.97. The van der Waals surface area contributed by atoms with E-state index in [9.17, 15) is 4.79 Å². The summed E-state index contributed by atoms with van der Waals surface area (Å²) in [5.41, 5.74) is 1.00. The average molecular weight is 230 g/mol. The van der Waals surface area contributed by atoms with Crippen LogP contribution in [0.25, 0.3) is 0 Å². The normalized spacial score (nSPS) is 26.9. The monoisotopic (exact) mass is 230 g/mol. The summed E-state index contributed by atoms with van der Waals surface area (Å²) in [7, 11) is 0. The van der Waals surface area contributed by atoms with Crippen molar-refractivity contribution >= 4 is 23.1 Å². The van der Waals surface area contributed by atoms with Crippen LogP contribution in [-0.4, -0.2) is 22.0 Å². The second kappa shape index (κ2) is 4.51. The third kappa shape index (κ3) is 2.40. The molecule has 2 unspecified atom stereocenters. The van der Waals surface area contributed by atoms with Gasteiger partial charge in [-0.2, -0.15) is 11.8 Å². The molecule has 1 aromatic heterocycles. The lowest BCUT2D eigenvalue weighted by molar-refractivity contribution is 0.509.